The molecule has 2 spiro atoms. The minimum atomic E-state index is -1.05. The summed E-state index contributed by atoms with van der Waals surface area (Å²) in [6.07, 6.45) is 15.6. The fourth-order valence-electron chi connectivity index (χ4n) is 15.5. The van der Waals surface area contributed by atoms with Crippen LogP contribution in [0.1, 0.15) is 184 Å². The van der Waals surface area contributed by atoms with E-state index in [0.29, 0.717) is 85.7 Å². The molecule has 11 atom stereocenters. The Morgan fingerprint density at radius 3 is 1.15 bits per heavy atom. The van der Waals surface area contributed by atoms with Crippen molar-refractivity contribution >= 4 is 23.8 Å². The number of aliphatic hydroxyl groups is 1. The molecule has 0 unspecified atom stereocenters. The topological polar surface area (TPSA) is 305 Å². The van der Waals surface area contributed by atoms with Gasteiger partial charge in [0.1, 0.15) is 64.6 Å². The van der Waals surface area contributed by atoms with Crippen molar-refractivity contribution in [1.29, 1.82) is 0 Å². The number of aliphatic carboxylic acids is 1. The Labute approximate surface area is 588 Å². The van der Waals surface area contributed by atoms with Crippen LogP contribution >= 0.6 is 0 Å². The molecule has 20 nitrogen and oxygen atoms in total. The number of ketones is 1. The number of nitrogens with one attached hydrogen (secondary N) is 2. The molecule has 6 aromatic carbocycles. The zero-order chi connectivity index (χ0) is 71.7. The fourth-order valence-corrected chi connectivity index (χ4v) is 15.5. The van der Waals surface area contributed by atoms with Gasteiger partial charge < -0.3 is 81.0 Å². The number of Topliss-reactive ketones (excluding diaryl/α,β-unsaturated/α-hetero) is 1. The molecule has 100 heavy (non-hydrogen) atoms. The molecule has 11 N–H and O–H groups in total. The average molecular weight is 1370 g/mol. The van der Waals surface area contributed by atoms with Crippen molar-refractivity contribution < 1.29 is 72.4 Å². The average Bonchev–Trinajstić information content (AvgIpc) is 1.66. The number of nitrogens with two attached hydrogens (primary N) is 3. The van der Waals surface area contributed by atoms with Crippen LogP contribution < -0.4 is 51.5 Å². The molecule has 0 radical (unpaired) electrons. The fraction of sp³-hybridized carbons (Fsp3) is 0.475. The summed E-state index contributed by atoms with van der Waals surface area (Å²) in [5.41, 5.74) is 23.3. The lowest BCUT2D eigenvalue weighted by atomic mass is 9.93. The minimum Gasteiger partial charge on any atom is -0.508 e. The molecule has 20 heteroatoms. The van der Waals surface area contributed by atoms with Gasteiger partial charge >= 0.3 is 18.0 Å². The van der Waals surface area contributed by atoms with E-state index in [2.05, 4.69) is 53.6 Å². The zero-order valence-corrected chi connectivity index (χ0v) is 58.8. The van der Waals surface area contributed by atoms with E-state index in [1.165, 1.54) is 34.9 Å². The monoisotopic (exact) mass is 1370 g/mol. The number of benzene rings is 6. The van der Waals surface area contributed by atoms with Crippen LogP contribution in [0.3, 0.4) is 0 Å². The van der Waals surface area contributed by atoms with Crippen molar-refractivity contribution in [2.45, 2.75) is 179 Å². The number of aliphatic hydroxyl groups excluding tert-OH is 1. The molecule has 14 rings (SSSR count). The second kappa shape index (κ2) is 34.0. The Balaban J connectivity index is 0.000000140. The van der Waals surface area contributed by atoms with Gasteiger partial charge in [0.25, 0.3) is 0 Å². The number of alkyl carbamates (subject to hydrolysis) is 1. The number of hydrogen-bond acceptors (Lipinski definition) is 18. The maximum absolute atomic E-state index is 11.6. The van der Waals surface area contributed by atoms with Crippen molar-refractivity contribution in [3.8, 4) is 34.5 Å². The van der Waals surface area contributed by atoms with Crippen LogP contribution in [-0.4, -0.2) is 129 Å². The Morgan fingerprint density at radius 2 is 0.820 bits per heavy atom. The number of carboxylic acids is 1. The highest BCUT2D eigenvalue weighted by Gasteiger charge is 2.48. The van der Waals surface area contributed by atoms with Gasteiger partial charge in [0.05, 0.1) is 60.3 Å². The number of amides is 1. The zero-order valence-electron chi connectivity index (χ0n) is 58.8. The van der Waals surface area contributed by atoms with Crippen molar-refractivity contribution in [1.82, 2.24) is 10.6 Å². The first-order valence-electron chi connectivity index (χ1n) is 34.8. The van der Waals surface area contributed by atoms with Gasteiger partial charge in [-0.25, -0.2) is 4.79 Å². The maximum atomic E-state index is 11.6. The predicted molar refractivity (Wildman–Crippen MR) is 383 cm³/mol. The highest BCUT2D eigenvalue weighted by atomic mass is 16.6. The van der Waals surface area contributed by atoms with Crippen LogP contribution in [0.4, 0.5) is 4.79 Å². The number of carboxylic acid groups (broad SMARTS) is 1. The second-order valence-electron chi connectivity index (χ2n) is 28.4. The van der Waals surface area contributed by atoms with Crippen molar-refractivity contribution in [2.75, 3.05) is 62.5 Å². The normalized spacial score (nSPS) is 28.1. The van der Waals surface area contributed by atoms with Crippen LogP contribution in [0.5, 0.6) is 34.5 Å². The highest BCUT2D eigenvalue weighted by molar-refractivity contribution is 5.82. The quantitative estimate of drug-likeness (QED) is 0.0470. The summed E-state index contributed by atoms with van der Waals surface area (Å²) >= 11 is 0. The number of ether oxygens (including phenoxy) is 8. The Hall–Kier alpha value is -8.82. The molecule has 2 heterocycles. The summed E-state index contributed by atoms with van der Waals surface area (Å²) in [6.45, 7) is 5.15. The molecule has 2 aliphatic heterocycles. The van der Waals surface area contributed by atoms with Gasteiger partial charge in [-0.1, -0.05) is 72.8 Å². The number of aromatic hydroxyl groups is 1. The molecule has 6 saturated carbocycles. The molecule has 8 fully saturated rings. The van der Waals surface area contributed by atoms with Crippen molar-refractivity contribution in [3.63, 3.8) is 0 Å². The summed E-state index contributed by atoms with van der Waals surface area (Å²) < 4.78 is 40.9. The van der Waals surface area contributed by atoms with E-state index in [0.717, 1.165) is 124 Å². The second-order valence-corrected chi connectivity index (χ2v) is 28.4. The molecular weight excluding hydrogens is 1270 g/mol. The molecule has 0 bridgehead atoms. The Bertz CT molecular complexity index is 3650. The first kappa shape index (κ1) is 75.4. The summed E-state index contributed by atoms with van der Waals surface area (Å²) in [6, 6.07) is 47.6. The van der Waals surface area contributed by atoms with Gasteiger partial charge in [0, 0.05) is 18.4 Å². The van der Waals surface area contributed by atoms with E-state index in [1.807, 2.05) is 97.1 Å². The number of carbonyl (C=O) groups excluding carboxylic acids is 3. The number of phenols is 1. The van der Waals surface area contributed by atoms with Crippen LogP contribution in [0.15, 0.2) is 158 Å². The van der Waals surface area contributed by atoms with Gasteiger partial charge in [0.15, 0.2) is 5.88 Å². The van der Waals surface area contributed by atoms with Crippen molar-refractivity contribution in [3.05, 3.63) is 191 Å². The van der Waals surface area contributed by atoms with Gasteiger partial charge in [-0.05, 0) is 251 Å². The number of rotatable bonds is 14. The van der Waals surface area contributed by atoms with Gasteiger partial charge in [-0.3, -0.25) is 14.4 Å². The first-order valence-corrected chi connectivity index (χ1v) is 34.8. The third-order valence-corrected chi connectivity index (χ3v) is 21.6. The van der Waals surface area contributed by atoms with Crippen LogP contribution in [0.2, 0.25) is 0 Å². The third-order valence-electron chi connectivity index (χ3n) is 21.6. The largest absolute Gasteiger partial charge is 0.508 e. The number of carbonyl (C=O) groups is 4. The molecule has 6 aliphatic carbocycles. The molecule has 2 saturated heterocycles. The molecule has 8 aliphatic rings. The van der Waals surface area contributed by atoms with Crippen molar-refractivity contribution in [2.24, 2.45) is 17.2 Å². The molecule has 0 aromatic heterocycles. The molecule has 538 valence electrons. The van der Waals surface area contributed by atoms with Gasteiger partial charge in [-0.2, -0.15) is 0 Å². The number of methoxy groups -OCH3 is 6. The lowest BCUT2D eigenvalue weighted by Gasteiger charge is -2.21. The standard InChI is InChI=1S/C14H17NO3.C14H19NO3.C14H17NO2.C13H17NO3.C13H19NO2.C12H14O2/c1-17-12-4-2-10(3-5-12)11-6-7-14(8-11)9-18-13(16)15-14;1-17-12-5-3-10(4-6-12)11-7-8-14(15,9-11)13(16)18-2;1-10-15-14(9-17-10)7-6-12(8-14)11-2-4-13(16)5-3-11;1-17-11-4-2-9(3-5-11)10-6-7-13(14,8-10)12(15)16;1-16-12-4-2-10(3-5-12)11-6-7-13(14,8-11)9-15;1-14-12-6-3-9(4-7-12)10-2-5-11(13)8-10/h2-5,11H,6-9H2,1H3,(H,15,16);3-6,11H,7-9,15H2,1-2H3;2-5,12,15-16H,1,6-9H2;2-5,10H,6-8,14H2,1H3,(H,15,16);2-5,11,15H,6-9,14H2,1H3;3-4,6-7,10H,2,5,8H2,1H3/t2*11-,14-;12-,14-;10-,13-;11-,13-;10-/m111111/s1. The number of cyclic esters (lactones) is 1. The third kappa shape index (κ3) is 19.6. The van der Waals surface area contributed by atoms with E-state index in [1.54, 1.807) is 47.7 Å². The first-order chi connectivity index (χ1) is 48.0. The summed E-state index contributed by atoms with van der Waals surface area (Å²) in [5, 5.41) is 33.9. The van der Waals surface area contributed by atoms with Gasteiger partial charge in [0.2, 0.25) is 0 Å². The Morgan fingerprint density at radius 1 is 0.470 bits per heavy atom. The van der Waals surface area contributed by atoms with Crippen LogP contribution in [-0.2, 0) is 28.6 Å². The maximum Gasteiger partial charge on any atom is 0.407 e. The molecule has 1 amide bonds. The van der Waals surface area contributed by atoms with E-state index in [9.17, 15) is 29.4 Å². The lowest BCUT2D eigenvalue weighted by molar-refractivity contribution is -0.147. The van der Waals surface area contributed by atoms with E-state index in [4.69, 9.17) is 60.2 Å². The van der Waals surface area contributed by atoms with E-state index >= 15 is 0 Å². The number of phenolic OH excluding ortho intramolecular Hbond substituents is 1. The van der Waals surface area contributed by atoms with E-state index in [-0.39, 0.29) is 41.2 Å². The number of esters is 1. The molecule has 6 aromatic rings. The number of hydrogen-bond donors (Lipinski definition) is 8. The highest BCUT2D eigenvalue weighted by Crippen LogP contribution is 2.47. The summed E-state index contributed by atoms with van der Waals surface area (Å²) in [7, 11) is 9.66. The van der Waals surface area contributed by atoms with E-state index < -0.39 is 17.0 Å². The molecular formula is C80H103N5O15. The lowest BCUT2D eigenvalue weighted by Crippen LogP contribution is -2.46. The SMILES string of the molecule is C=C1N[C@@]2(CC[C@@H](c3ccc(O)cc3)C2)CO1.COC(=O)[C@@]1(N)CC[C@@H](c2ccc(OC)cc2)C1.COc1ccc([C@@H]2CCC(=O)C2)cc1.COc1ccc([C@@H]2CC[C@](N)(C(=O)O)C2)cc1.COc1ccc([C@@H]2CC[C@](N)(CO)C2)cc1.COc1ccc([C@@H]2CC[C@]3(COC(=O)N3)C2)cc1. The smallest absolute Gasteiger partial charge is 0.407 e. The Kier molecular flexibility index (Phi) is 25.7. The summed E-state index contributed by atoms with van der Waals surface area (Å²) in [4.78, 5) is 45.0. The van der Waals surface area contributed by atoms with Crippen LogP contribution in [0.25, 0.3) is 0 Å². The minimum absolute atomic E-state index is 0.0830. The van der Waals surface area contributed by atoms with Crippen LogP contribution in [0, 0.1) is 0 Å². The van der Waals surface area contributed by atoms with Gasteiger partial charge in [-0.15, -0.1) is 0 Å². The summed E-state index contributed by atoms with van der Waals surface area (Å²) in [5.74, 6) is 7.03. The predicted octanol–water partition coefficient (Wildman–Crippen LogP) is 12.7.